The molecule has 1 N–H and O–H groups in total. The van der Waals surface area contributed by atoms with Gasteiger partial charge in [0.2, 0.25) is 0 Å². The summed E-state index contributed by atoms with van der Waals surface area (Å²) >= 11 is 13.3. The van der Waals surface area contributed by atoms with E-state index in [-0.39, 0.29) is 5.91 Å². The van der Waals surface area contributed by atoms with E-state index in [2.05, 4.69) is 5.32 Å². The van der Waals surface area contributed by atoms with Crippen LogP contribution in [0.4, 0.5) is 5.69 Å². The minimum absolute atomic E-state index is 0.212. The van der Waals surface area contributed by atoms with Gasteiger partial charge in [0.1, 0.15) is 12.4 Å². The topological polar surface area (TPSA) is 38.3 Å². The molecule has 0 spiro atoms. The number of carbonyl (C=O) groups excluding carboxylic acids is 1. The number of halogens is 2. The Bertz CT molecular complexity index is 891. The first kappa shape index (κ1) is 17.8. The van der Waals surface area contributed by atoms with Crippen LogP contribution in [0.3, 0.4) is 0 Å². The summed E-state index contributed by atoms with van der Waals surface area (Å²) in [6.45, 7) is 2.44. The molecule has 3 rings (SSSR count). The second kappa shape index (κ2) is 7.91. The number of rotatable bonds is 5. The number of nitrogens with one attached hydrogen (secondary N) is 1. The molecule has 1 amide bonds. The lowest BCUT2D eigenvalue weighted by Gasteiger charge is -2.06. The van der Waals surface area contributed by atoms with Gasteiger partial charge < -0.3 is 10.1 Å². The van der Waals surface area contributed by atoms with Crippen molar-refractivity contribution in [1.29, 1.82) is 0 Å². The Morgan fingerprint density at radius 1 is 1.12 bits per heavy atom. The largest absolute Gasteiger partial charge is 0.489 e. The van der Waals surface area contributed by atoms with Gasteiger partial charge in [-0.3, -0.25) is 4.79 Å². The van der Waals surface area contributed by atoms with Gasteiger partial charge in [-0.1, -0.05) is 40.9 Å². The van der Waals surface area contributed by atoms with Crippen LogP contribution < -0.4 is 10.1 Å². The van der Waals surface area contributed by atoms with Crippen LogP contribution in [0.25, 0.3) is 0 Å². The zero-order valence-corrected chi connectivity index (χ0v) is 15.7. The van der Waals surface area contributed by atoms with Crippen LogP contribution in [0, 0.1) is 6.92 Å². The van der Waals surface area contributed by atoms with Crippen molar-refractivity contribution in [3.8, 4) is 5.75 Å². The Balaban J connectivity index is 1.62. The molecule has 0 aliphatic rings. The molecule has 0 saturated carbocycles. The summed E-state index contributed by atoms with van der Waals surface area (Å²) < 4.78 is 5.73. The summed E-state index contributed by atoms with van der Waals surface area (Å²) in [5.41, 5.74) is 2.66. The lowest BCUT2D eigenvalue weighted by molar-refractivity contribution is 0.103. The molecule has 0 radical (unpaired) electrons. The third-order valence-electron chi connectivity index (χ3n) is 3.48. The van der Waals surface area contributed by atoms with Crippen LogP contribution in [0.15, 0.2) is 53.9 Å². The lowest BCUT2D eigenvalue weighted by atomic mass is 10.2. The molecule has 0 atom stereocenters. The molecule has 0 aliphatic carbocycles. The fourth-order valence-electron chi connectivity index (χ4n) is 2.15. The predicted octanol–water partition coefficient (Wildman–Crippen LogP) is 6.19. The zero-order chi connectivity index (χ0) is 17.8. The van der Waals surface area contributed by atoms with Gasteiger partial charge in [-0.15, -0.1) is 11.3 Å². The maximum Gasteiger partial charge on any atom is 0.265 e. The highest BCUT2D eigenvalue weighted by molar-refractivity contribution is 7.12. The Hall–Kier alpha value is -2.01. The fraction of sp³-hybridized carbons (Fsp3) is 0.105. The van der Waals surface area contributed by atoms with E-state index < -0.39 is 0 Å². The first-order valence-electron chi connectivity index (χ1n) is 7.54. The number of amides is 1. The number of carbonyl (C=O) groups is 1. The minimum atomic E-state index is -0.212. The highest BCUT2D eigenvalue weighted by Gasteiger charge is 2.12. The van der Waals surface area contributed by atoms with Gasteiger partial charge in [0.15, 0.2) is 0 Å². The molecule has 0 bridgehead atoms. The number of benzene rings is 2. The SMILES string of the molecule is Cc1ccc(OCc2csc(C(=O)Nc3ccc(Cl)cc3Cl)c2)cc1. The van der Waals surface area contributed by atoms with Gasteiger partial charge in [0.05, 0.1) is 15.6 Å². The number of hydrogen-bond donors (Lipinski definition) is 1. The Morgan fingerprint density at radius 2 is 1.88 bits per heavy atom. The van der Waals surface area contributed by atoms with Crippen molar-refractivity contribution in [2.45, 2.75) is 13.5 Å². The van der Waals surface area contributed by atoms with E-state index in [9.17, 15) is 4.79 Å². The molecule has 0 unspecified atom stereocenters. The van der Waals surface area contributed by atoms with Crippen LogP contribution in [-0.2, 0) is 6.61 Å². The smallest absolute Gasteiger partial charge is 0.265 e. The fourth-order valence-corrected chi connectivity index (χ4v) is 3.39. The number of aryl methyl sites for hydroxylation is 1. The van der Waals surface area contributed by atoms with Gasteiger partial charge in [0.25, 0.3) is 5.91 Å². The van der Waals surface area contributed by atoms with Crippen molar-refractivity contribution >= 4 is 46.1 Å². The number of ether oxygens (including phenoxy) is 1. The van der Waals surface area contributed by atoms with E-state index in [0.29, 0.717) is 27.2 Å². The van der Waals surface area contributed by atoms with Crippen molar-refractivity contribution in [1.82, 2.24) is 0 Å². The molecule has 3 aromatic rings. The molecule has 128 valence electrons. The Kier molecular flexibility index (Phi) is 5.63. The molecule has 25 heavy (non-hydrogen) atoms. The van der Waals surface area contributed by atoms with E-state index >= 15 is 0 Å². The molecule has 3 nitrogen and oxygen atoms in total. The van der Waals surface area contributed by atoms with Crippen molar-refractivity contribution in [3.05, 3.63) is 80.0 Å². The summed E-state index contributed by atoms with van der Waals surface area (Å²) in [5, 5.41) is 5.62. The molecule has 6 heteroatoms. The number of anilines is 1. The zero-order valence-electron chi connectivity index (χ0n) is 13.4. The van der Waals surface area contributed by atoms with Gasteiger partial charge in [-0.05, 0) is 48.7 Å². The first-order chi connectivity index (χ1) is 12.0. The Morgan fingerprint density at radius 3 is 2.60 bits per heavy atom. The highest BCUT2D eigenvalue weighted by Crippen LogP contribution is 2.26. The summed E-state index contributed by atoms with van der Waals surface area (Å²) in [7, 11) is 0. The average Bonchev–Trinajstić information content (AvgIpc) is 3.06. The van der Waals surface area contributed by atoms with E-state index in [1.54, 1.807) is 18.2 Å². The van der Waals surface area contributed by atoms with Gasteiger partial charge in [0, 0.05) is 10.6 Å². The first-order valence-corrected chi connectivity index (χ1v) is 9.18. The molecule has 0 aliphatic heterocycles. The van der Waals surface area contributed by atoms with E-state index in [1.807, 2.05) is 42.6 Å². The van der Waals surface area contributed by atoms with E-state index in [0.717, 1.165) is 11.3 Å². The average molecular weight is 392 g/mol. The van der Waals surface area contributed by atoms with Crippen LogP contribution in [-0.4, -0.2) is 5.91 Å². The Labute approximate surface area is 160 Å². The van der Waals surface area contributed by atoms with Crippen LogP contribution in [0.5, 0.6) is 5.75 Å². The number of hydrogen-bond acceptors (Lipinski definition) is 3. The van der Waals surface area contributed by atoms with E-state index in [4.69, 9.17) is 27.9 Å². The van der Waals surface area contributed by atoms with Crippen LogP contribution in [0.1, 0.15) is 20.8 Å². The maximum atomic E-state index is 12.3. The van der Waals surface area contributed by atoms with Gasteiger partial charge >= 0.3 is 0 Å². The molecular formula is C19H15Cl2NO2S. The standard InChI is InChI=1S/C19H15Cl2NO2S/c1-12-2-5-15(6-3-12)24-10-13-8-18(25-11-13)19(23)22-17-7-4-14(20)9-16(17)21/h2-9,11H,10H2,1H3,(H,22,23). The normalized spacial score (nSPS) is 10.5. The quantitative estimate of drug-likeness (QED) is 0.562. The van der Waals surface area contributed by atoms with Crippen molar-refractivity contribution in [3.63, 3.8) is 0 Å². The van der Waals surface area contributed by atoms with Crippen molar-refractivity contribution in [2.75, 3.05) is 5.32 Å². The lowest BCUT2D eigenvalue weighted by Crippen LogP contribution is -2.10. The van der Waals surface area contributed by atoms with Crippen LogP contribution >= 0.6 is 34.5 Å². The van der Waals surface area contributed by atoms with E-state index in [1.165, 1.54) is 16.9 Å². The number of thiophene rings is 1. The molecule has 1 heterocycles. The van der Waals surface area contributed by atoms with Crippen molar-refractivity contribution < 1.29 is 9.53 Å². The monoisotopic (exact) mass is 391 g/mol. The highest BCUT2D eigenvalue weighted by atomic mass is 35.5. The molecular weight excluding hydrogens is 377 g/mol. The molecule has 1 aromatic heterocycles. The maximum absolute atomic E-state index is 12.3. The van der Waals surface area contributed by atoms with Crippen LogP contribution in [0.2, 0.25) is 10.0 Å². The third kappa shape index (κ3) is 4.75. The molecule has 2 aromatic carbocycles. The van der Waals surface area contributed by atoms with Gasteiger partial charge in [-0.25, -0.2) is 0 Å². The summed E-state index contributed by atoms with van der Waals surface area (Å²) in [6, 6.07) is 14.6. The van der Waals surface area contributed by atoms with Crippen molar-refractivity contribution in [2.24, 2.45) is 0 Å². The molecule has 0 fully saturated rings. The van der Waals surface area contributed by atoms with Gasteiger partial charge in [-0.2, -0.15) is 0 Å². The third-order valence-corrected chi connectivity index (χ3v) is 5.01. The summed E-state index contributed by atoms with van der Waals surface area (Å²) in [4.78, 5) is 12.9. The second-order valence-electron chi connectivity index (χ2n) is 5.50. The summed E-state index contributed by atoms with van der Waals surface area (Å²) in [5.74, 6) is 0.589. The summed E-state index contributed by atoms with van der Waals surface area (Å²) in [6.07, 6.45) is 0. The molecule has 0 saturated heterocycles. The second-order valence-corrected chi connectivity index (χ2v) is 7.25. The predicted molar refractivity (Wildman–Crippen MR) is 104 cm³/mol. The minimum Gasteiger partial charge on any atom is -0.489 e.